The third kappa shape index (κ3) is 4.32. The molecule has 11 heavy (non-hydrogen) atoms. The highest BCUT2D eigenvalue weighted by molar-refractivity contribution is 8.92. The molecule has 1 rings (SSSR count). The van der Waals surface area contributed by atoms with E-state index in [-0.39, 0.29) is 0 Å². The van der Waals surface area contributed by atoms with Crippen molar-refractivity contribution in [3.05, 3.63) is 0 Å². The Kier molecular flexibility index (Phi) is 4.77. The molecule has 1 unspecified atom stereocenters. The van der Waals surface area contributed by atoms with Gasteiger partial charge in [0.2, 0.25) is 0 Å². The Hall–Kier alpha value is 0.700. The summed E-state index contributed by atoms with van der Waals surface area (Å²) in [4.78, 5) is 0. The minimum Gasteiger partial charge on any atom is -0.0776 e. The molecule has 0 aromatic rings. The van der Waals surface area contributed by atoms with Gasteiger partial charge in [-0.1, -0.05) is 61.1 Å². The van der Waals surface area contributed by atoms with Crippen LogP contribution in [0.3, 0.4) is 0 Å². The summed E-state index contributed by atoms with van der Waals surface area (Å²) >= 11 is 0. The number of rotatable bonds is 6. The molecule has 2 heteroatoms. The molecule has 1 saturated heterocycles. The average Bonchev–Trinajstić information content (AvgIpc) is 2.81. The standard InChI is InChI=1S/C9H18S2/c1-3-5-6-8(4-2)7-9-10-11-9/h8-9H,3-7H2,1-2H3. The van der Waals surface area contributed by atoms with E-state index in [9.17, 15) is 0 Å². The Morgan fingerprint density at radius 2 is 2.00 bits per heavy atom. The topological polar surface area (TPSA) is 0 Å². The van der Waals surface area contributed by atoms with Gasteiger partial charge >= 0.3 is 0 Å². The average molecular weight is 190 g/mol. The summed E-state index contributed by atoms with van der Waals surface area (Å²) in [5, 5.41) is 0. The van der Waals surface area contributed by atoms with Crippen molar-refractivity contribution in [1.82, 2.24) is 0 Å². The monoisotopic (exact) mass is 190 g/mol. The number of hydrogen-bond acceptors (Lipinski definition) is 2. The van der Waals surface area contributed by atoms with Crippen molar-refractivity contribution in [2.45, 2.75) is 50.5 Å². The van der Waals surface area contributed by atoms with E-state index < -0.39 is 0 Å². The maximum atomic E-state index is 2.33. The Bertz CT molecular complexity index is 99.7. The van der Waals surface area contributed by atoms with Crippen LogP contribution < -0.4 is 0 Å². The van der Waals surface area contributed by atoms with E-state index >= 15 is 0 Å². The lowest BCUT2D eigenvalue weighted by Crippen LogP contribution is -2.00. The largest absolute Gasteiger partial charge is 0.0776 e. The summed E-state index contributed by atoms with van der Waals surface area (Å²) in [5.74, 6) is 1.02. The molecular formula is C9H18S2. The van der Waals surface area contributed by atoms with Crippen molar-refractivity contribution in [1.29, 1.82) is 0 Å². The van der Waals surface area contributed by atoms with Crippen molar-refractivity contribution >= 4 is 21.6 Å². The molecule has 0 N–H and O–H groups in total. The van der Waals surface area contributed by atoms with Gasteiger partial charge in [0.1, 0.15) is 0 Å². The molecule has 66 valence electrons. The lowest BCUT2D eigenvalue weighted by molar-refractivity contribution is 0.438. The first-order chi connectivity index (χ1) is 5.36. The van der Waals surface area contributed by atoms with Crippen LogP contribution in [0.4, 0.5) is 0 Å². The van der Waals surface area contributed by atoms with Crippen LogP contribution in [0.5, 0.6) is 0 Å². The third-order valence-electron chi connectivity index (χ3n) is 2.30. The molecule has 1 atom stereocenters. The minimum absolute atomic E-state index is 0.969. The summed E-state index contributed by atoms with van der Waals surface area (Å²) < 4.78 is 0.969. The summed E-state index contributed by atoms with van der Waals surface area (Å²) in [6.45, 7) is 4.62. The van der Waals surface area contributed by atoms with Crippen molar-refractivity contribution in [3.63, 3.8) is 0 Å². The Morgan fingerprint density at radius 1 is 1.27 bits per heavy atom. The highest BCUT2D eigenvalue weighted by Crippen LogP contribution is 2.56. The van der Waals surface area contributed by atoms with Gasteiger partial charge in [0.15, 0.2) is 0 Å². The molecule has 1 fully saturated rings. The normalized spacial score (nSPS) is 20.2. The van der Waals surface area contributed by atoms with E-state index in [1.54, 1.807) is 0 Å². The molecule has 1 aliphatic rings. The Balaban J connectivity index is 2.02. The van der Waals surface area contributed by atoms with Crippen LogP contribution in [-0.2, 0) is 0 Å². The smallest absolute Gasteiger partial charge is 0.0713 e. The first kappa shape index (κ1) is 9.79. The van der Waals surface area contributed by atoms with Crippen LogP contribution >= 0.6 is 21.6 Å². The van der Waals surface area contributed by atoms with Crippen molar-refractivity contribution in [2.24, 2.45) is 5.92 Å². The fourth-order valence-corrected chi connectivity index (χ4v) is 2.86. The zero-order valence-electron chi connectivity index (χ0n) is 7.51. The van der Waals surface area contributed by atoms with Crippen LogP contribution in [0.1, 0.15) is 46.0 Å². The number of unbranched alkanes of at least 4 members (excludes halogenated alkanes) is 1. The first-order valence-corrected chi connectivity index (χ1v) is 6.96. The Morgan fingerprint density at radius 3 is 2.45 bits per heavy atom. The second-order valence-corrected chi connectivity index (χ2v) is 6.25. The van der Waals surface area contributed by atoms with Crippen molar-refractivity contribution in [3.8, 4) is 0 Å². The summed E-state index contributed by atoms with van der Waals surface area (Å²) in [7, 11) is 4.12. The van der Waals surface area contributed by atoms with Crippen LogP contribution in [0, 0.1) is 5.92 Å². The van der Waals surface area contributed by atoms with Gasteiger partial charge in [-0.05, 0) is 12.3 Å². The molecule has 1 aliphatic heterocycles. The molecule has 0 aromatic heterocycles. The first-order valence-electron chi connectivity index (χ1n) is 4.69. The van der Waals surface area contributed by atoms with E-state index in [1.165, 1.54) is 32.1 Å². The van der Waals surface area contributed by atoms with E-state index in [4.69, 9.17) is 0 Å². The lowest BCUT2D eigenvalue weighted by Gasteiger charge is -2.11. The van der Waals surface area contributed by atoms with Gasteiger partial charge in [0.25, 0.3) is 0 Å². The maximum absolute atomic E-state index is 2.33. The Labute approximate surface area is 78.3 Å². The third-order valence-corrected chi connectivity index (χ3v) is 4.54. The van der Waals surface area contributed by atoms with E-state index in [0.29, 0.717) is 0 Å². The van der Waals surface area contributed by atoms with E-state index in [2.05, 4.69) is 35.4 Å². The predicted molar refractivity (Wildman–Crippen MR) is 56.9 cm³/mol. The lowest BCUT2D eigenvalue weighted by atomic mass is 9.97. The van der Waals surface area contributed by atoms with Crippen molar-refractivity contribution in [2.75, 3.05) is 0 Å². The zero-order chi connectivity index (χ0) is 8.10. The minimum atomic E-state index is 0.969. The van der Waals surface area contributed by atoms with Gasteiger partial charge < -0.3 is 0 Å². The fraction of sp³-hybridized carbons (Fsp3) is 1.00. The highest BCUT2D eigenvalue weighted by Gasteiger charge is 2.26. The number of hydrogen-bond donors (Lipinski definition) is 0. The zero-order valence-corrected chi connectivity index (χ0v) is 9.14. The van der Waals surface area contributed by atoms with Gasteiger partial charge in [-0.25, -0.2) is 0 Å². The molecular weight excluding hydrogens is 172 g/mol. The van der Waals surface area contributed by atoms with Gasteiger partial charge in [0.05, 0.1) is 4.58 Å². The SMILES string of the molecule is CCCCC(CC)CC1SS1. The van der Waals surface area contributed by atoms with Crippen LogP contribution in [0.2, 0.25) is 0 Å². The molecule has 0 aromatic carbocycles. The molecule has 0 radical (unpaired) electrons. The van der Waals surface area contributed by atoms with Gasteiger partial charge in [-0.15, -0.1) is 0 Å². The summed E-state index contributed by atoms with van der Waals surface area (Å²) in [6, 6.07) is 0. The van der Waals surface area contributed by atoms with Gasteiger partial charge in [-0.3, -0.25) is 0 Å². The highest BCUT2D eigenvalue weighted by atomic mass is 33.2. The second-order valence-electron chi connectivity index (χ2n) is 3.27. The molecule has 0 nitrogen and oxygen atoms in total. The van der Waals surface area contributed by atoms with Gasteiger partial charge in [0, 0.05) is 0 Å². The van der Waals surface area contributed by atoms with Gasteiger partial charge in [-0.2, -0.15) is 0 Å². The van der Waals surface area contributed by atoms with E-state index in [0.717, 1.165) is 10.5 Å². The molecule has 0 amide bonds. The second kappa shape index (κ2) is 5.36. The molecule has 0 bridgehead atoms. The molecule has 0 aliphatic carbocycles. The van der Waals surface area contributed by atoms with Crippen LogP contribution in [0.25, 0.3) is 0 Å². The van der Waals surface area contributed by atoms with Crippen LogP contribution in [-0.4, -0.2) is 4.58 Å². The van der Waals surface area contributed by atoms with E-state index in [1.807, 2.05) is 0 Å². The fourth-order valence-electron chi connectivity index (χ4n) is 1.37. The van der Waals surface area contributed by atoms with Crippen molar-refractivity contribution < 1.29 is 0 Å². The molecule has 0 saturated carbocycles. The predicted octanol–water partition coefficient (Wildman–Crippen LogP) is 4.31. The summed E-state index contributed by atoms with van der Waals surface area (Å²) in [5.41, 5.74) is 0. The maximum Gasteiger partial charge on any atom is 0.0713 e. The van der Waals surface area contributed by atoms with Crippen LogP contribution in [0.15, 0.2) is 0 Å². The quantitative estimate of drug-likeness (QED) is 0.452. The molecule has 1 heterocycles. The summed E-state index contributed by atoms with van der Waals surface area (Å²) in [6.07, 6.45) is 7.11. The molecule has 0 spiro atoms.